The number of rotatable bonds is 7. The summed E-state index contributed by atoms with van der Waals surface area (Å²) in [5.41, 5.74) is 7.14. The SMILES string of the molecule is C1CCOC1.CC(=O)OOC(C)=O.COc1cccc(C2CCN(Cc3c[nH]c4ccccc34)C2)c1.COc1cccc(C2CCNC2)c1.O=Cc1c[nH]c2ccccc12.[B-]OC(C)=O.[Na+]. The second-order valence-electron chi connectivity index (χ2n) is 15.3. The van der Waals surface area contributed by atoms with Crippen molar-refractivity contribution in [2.45, 2.75) is 64.8 Å². The van der Waals surface area contributed by atoms with Crippen molar-refractivity contribution in [3.8, 4) is 11.5 Å². The summed E-state index contributed by atoms with van der Waals surface area (Å²) in [6, 6.07) is 33.2. The second kappa shape index (κ2) is 30.7. The third-order valence-electron chi connectivity index (χ3n) is 10.5. The average molecular weight is 912 g/mol. The van der Waals surface area contributed by atoms with Gasteiger partial charge in [0.2, 0.25) is 5.97 Å². The minimum absolute atomic E-state index is 0. The molecule has 3 fully saturated rings. The molecule has 9 rings (SSSR count). The van der Waals surface area contributed by atoms with Crippen molar-refractivity contribution in [2.75, 3.05) is 53.6 Å². The summed E-state index contributed by atoms with van der Waals surface area (Å²) >= 11 is 0. The van der Waals surface area contributed by atoms with E-state index in [0.29, 0.717) is 11.8 Å². The number of carbonyl (C=O) groups excluding carboxylic acids is 4. The van der Waals surface area contributed by atoms with Crippen LogP contribution in [0, 0.1) is 0 Å². The van der Waals surface area contributed by atoms with E-state index in [1.165, 1.54) is 60.2 Å². The van der Waals surface area contributed by atoms with Gasteiger partial charge in [0, 0.05) is 93.4 Å². The number of aromatic nitrogens is 2. The summed E-state index contributed by atoms with van der Waals surface area (Å²) in [5, 5.41) is 5.70. The zero-order valence-electron chi connectivity index (χ0n) is 39.0. The van der Waals surface area contributed by atoms with Gasteiger partial charge in [-0.1, -0.05) is 60.7 Å². The Morgan fingerprint density at radius 3 is 1.77 bits per heavy atom. The molecular weight excluding hydrogens is 850 g/mol. The number of methoxy groups -OCH3 is 2. The molecule has 0 aliphatic carbocycles. The first-order chi connectivity index (χ1) is 31.5. The molecule has 5 heterocycles. The fourth-order valence-electron chi connectivity index (χ4n) is 7.30. The van der Waals surface area contributed by atoms with E-state index in [9.17, 15) is 19.2 Å². The summed E-state index contributed by atoms with van der Waals surface area (Å²) < 4.78 is 19.1. The summed E-state index contributed by atoms with van der Waals surface area (Å²) in [7, 11) is 7.77. The summed E-state index contributed by atoms with van der Waals surface area (Å²) in [6.45, 7) is 11.1. The first-order valence-electron chi connectivity index (χ1n) is 21.6. The third kappa shape index (κ3) is 19.2. The molecule has 2 atom stereocenters. The van der Waals surface area contributed by atoms with Crippen molar-refractivity contribution in [1.82, 2.24) is 20.2 Å². The number of hydrogen-bond donors (Lipinski definition) is 3. The third-order valence-corrected chi connectivity index (χ3v) is 10.5. The molecule has 2 aromatic heterocycles. The van der Waals surface area contributed by atoms with Crippen LogP contribution < -0.4 is 44.3 Å². The maximum Gasteiger partial charge on any atom is 1.00 e. The van der Waals surface area contributed by atoms with E-state index in [1.54, 1.807) is 20.4 Å². The van der Waals surface area contributed by atoms with Gasteiger partial charge < -0.3 is 42.2 Å². The number of carbonyl (C=O) groups is 4. The Labute approximate surface area is 411 Å². The van der Waals surface area contributed by atoms with Crippen molar-refractivity contribution in [2.24, 2.45) is 0 Å². The van der Waals surface area contributed by atoms with Crippen LogP contribution in [-0.4, -0.2) is 101 Å². The van der Waals surface area contributed by atoms with E-state index in [0.717, 1.165) is 94.0 Å². The van der Waals surface area contributed by atoms with Gasteiger partial charge >= 0.3 is 41.5 Å². The fraction of sp³-hybridized carbons (Fsp3) is 0.360. The molecule has 0 bridgehead atoms. The van der Waals surface area contributed by atoms with Crippen LogP contribution >= 0.6 is 0 Å². The van der Waals surface area contributed by atoms with Crippen LogP contribution in [0.3, 0.4) is 0 Å². The predicted octanol–water partition coefficient (Wildman–Crippen LogP) is 5.38. The molecule has 66 heavy (non-hydrogen) atoms. The number of likely N-dealkylation sites (tertiary alicyclic amines) is 1. The number of fused-ring (bicyclic) bond motifs is 2. The quantitative estimate of drug-likeness (QED) is 0.0811. The van der Waals surface area contributed by atoms with Crippen LogP contribution in [0.1, 0.15) is 85.3 Å². The molecule has 2 unspecified atom stereocenters. The van der Waals surface area contributed by atoms with Crippen molar-refractivity contribution in [3.63, 3.8) is 0 Å². The molecule has 3 aliphatic heterocycles. The second-order valence-corrected chi connectivity index (χ2v) is 15.3. The molecular formula is C50H61BN4NaO10. The van der Waals surface area contributed by atoms with Crippen molar-refractivity contribution < 1.29 is 77.4 Å². The van der Waals surface area contributed by atoms with E-state index in [1.807, 2.05) is 36.4 Å². The van der Waals surface area contributed by atoms with Crippen LogP contribution in [0.15, 0.2) is 109 Å². The van der Waals surface area contributed by atoms with Crippen molar-refractivity contribution in [1.29, 1.82) is 0 Å². The summed E-state index contributed by atoms with van der Waals surface area (Å²) in [5.74, 6) is 1.46. The Morgan fingerprint density at radius 1 is 0.727 bits per heavy atom. The number of ether oxygens (including phenoxy) is 3. The number of para-hydroxylation sites is 2. The maximum absolute atomic E-state index is 10.5. The molecule has 0 amide bonds. The number of hydrogen-bond acceptors (Lipinski definition) is 12. The minimum atomic E-state index is -0.639. The van der Waals surface area contributed by atoms with Crippen LogP contribution in [0.4, 0.5) is 0 Å². The normalized spacial score (nSPS) is 15.7. The molecule has 4 aromatic carbocycles. The zero-order chi connectivity index (χ0) is 46.8. The van der Waals surface area contributed by atoms with Gasteiger partial charge in [0.1, 0.15) is 11.5 Å². The molecule has 3 N–H and O–H groups in total. The molecule has 345 valence electrons. The van der Waals surface area contributed by atoms with E-state index in [-0.39, 0.29) is 29.6 Å². The van der Waals surface area contributed by atoms with Gasteiger partial charge in [-0.3, -0.25) is 14.5 Å². The first kappa shape index (κ1) is 54.9. The number of aromatic amines is 2. The van der Waals surface area contributed by atoms with Gasteiger partial charge in [-0.15, -0.1) is 0 Å². The Balaban J connectivity index is 0.000000230. The monoisotopic (exact) mass is 911 g/mol. The Bertz CT molecular complexity index is 2340. The van der Waals surface area contributed by atoms with E-state index in [2.05, 4.69) is 110 Å². The maximum atomic E-state index is 10.5. The molecule has 3 aliphatic rings. The largest absolute Gasteiger partial charge is 1.00 e. The number of nitrogens with one attached hydrogen (secondary N) is 3. The van der Waals surface area contributed by atoms with E-state index < -0.39 is 17.9 Å². The van der Waals surface area contributed by atoms with Gasteiger partial charge in [-0.25, -0.2) is 19.4 Å². The fourth-order valence-corrected chi connectivity index (χ4v) is 7.30. The molecule has 3 saturated heterocycles. The topological polar surface area (TPSA) is 171 Å². The van der Waals surface area contributed by atoms with Gasteiger partial charge in [0.25, 0.3) is 0 Å². The average Bonchev–Trinajstić information content (AvgIpc) is 4.21. The number of H-pyrrole nitrogens is 2. The van der Waals surface area contributed by atoms with Crippen molar-refractivity contribution in [3.05, 3.63) is 132 Å². The number of benzene rings is 4. The summed E-state index contributed by atoms with van der Waals surface area (Å²) in [6.07, 6.45) is 9.75. The van der Waals surface area contributed by atoms with Gasteiger partial charge in [-0.05, 0) is 104 Å². The zero-order valence-corrected chi connectivity index (χ0v) is 41.0. The van der Waals surface area contributed by atoms with Crippen LogP contribution in [-0.2, 0) is 40.1 Å². The molecule has 0 saturated carbocycles. The van der Waals surface area contributed by atoms with E-state index in [4.69, 9.17) is 14.2 Å². The standard InChI is InChI=1S/C20H22N2O.C11H15NO.C9H7NO.C4H6O4.C4H8O.C2H3BO2.Na/c1-23-18-6-4-5-15(11-18)16-9-10-22(13-16)14-17-12-21-20-8-3-2-7-19(17)20;1-13-11-4-2-3-9(7-11)10-5-6-12-8-10;11-6-7-5-10-9-4-2-1-3-8(7)9;1-3(5)7-8-4(2)6;1-2-4-5-3-1;1-2(4)5-3;/h2-8,11-12,16,21H,9-10,13-14H2,1H3;2-4,7,10,12H,5-6,8H2,1H3;1-6,10H;1-2H3;1-4H2;1H3;/q;;;;;-1;+1. The van der Waals surface area contributed by atoms with Gasteiger partial charge in [0.15, 0.2) is 6.29 Å². The molecule has 14 nitrogen and oxygen atoms in total. The Hall–Kier alpha value is -5.42. The van der Waals surface area contributed by atoms with Gasteiger partial charge in [-0.2, -0.15) is 0 Å². The van der Waals surface area contributed by atoms with Crippen LogP contribution in [0.5, 0.6) is 11.5 Å². The molecule has 0 spiro atoms. The summed E-state index contributed by atoms with van der Waals surface area (Å²) in [4.78, 5) is 56.2. The molecule has 6 aromatic rings. The molecule has 16 heteroatoms. The Morgan fingerprint density at radius 2 is 1.27 bits per heavy atom. The first-order valence-corrected chi connectivity index (χ1v) is 21.6. The van der Waals surface area contributed by atoms with E-state index >= 15 is 0 Å². The minimum Gasteiger partial charge on any atom is -0.793 e. The van der Waals surface area contributed by atoms with Gasteiger partial charge in [0.05, 0.1) is 14.2 Å². The smallest absolute Gasteiger partial charge is 0.793 e. The van der Waals surface area contributed by atoms with Crippen LogP contribution in [0.2, 0.25) is 0 Å². The predicted molar refractivity (Wildman–Crippen MR) is 252 cm³/mol. The Kier molecular flexibility index (Phi) is 25.6. The molecule has 3 radical (unpaired) electrons. The van der Waals surface area contributed by atoms with Crippen molar-refractivity contribution >= 4 is 54.0 Å². The number of nitrogens with zero attached hydrogens (tertiary/aromatic N) is 1. The van der Waals surface area contributed by atoms with Crippen LogP contribution in [0.25, 0.3) is 21.8 Å². The number of aldehydes is 1.